The topological polar surface area (TPSA) is 92.8 Å². The second-order valence-corrected chi connectivity index (χ2v) is 9.13. The van der Waals surface area contributed by atoms with E-state index >= 15 is 0 Å². The molecule has 0 aliphatic rings. The number of hydrogen-bond acceptors (Lipinski definition) is 6. The normalized spacial score (nSPS) is 10.9. The molecule has 3 rings (SSSR count). The summed E-state index contributed by atoms with van der Waals surface area (Å²) in [6, 6.07) is 20.1. The van der Waals surface area contributed by atoms with Crippen molar-refractivity contribution in [2.24, 2.45) is 0 Å². The number of carbonyl (C=O) groups is 2. The lowest BCUT2D eigenvalue weighted by atomic mass is 10.1. The molecule has 3 aromatic rings. The highest BCUT2D eigenvalue weighted by Gasteiger charge is 2.16. The Balaban J connectivity index is 1.51. The number of rotatable bonds is 8. The fourth-order valence-corrected chi connectivity index (χ4v) is 3.26. The number of nitrogens with one attached hydrogen (secondary N) is 2. The maximum absolute atomic E-state index is 12.7. The van der Waals surface area contributed by atoms with Gasteiger partial charge in [-0.3, -0.25) is 10.1 Å². The number of nitrogens with zero attached hydrogens (tertiary/aromatic N) is 2. The van der Waals surface area contributed by atoms with E-state index in [9.17, 15) is 9.59 Å². The highest BCUT2D eigenvalue weighted by Crippen LogP contribution is 2.21. The highest BCUT2D eigenvalue weighted by atomic mass is 16.6. The van der Waals surface area contributed by atoms with Gasteiger partial charge < -0.3 is 19.7 Å². The second-order valence-electron chi connectivity index (χ2n) is 9.13. The third kappa shape index (κ3) is 8.03. The summed E-state index contributed by atoms with van der Waals surface area (Å²) < 4.78 is 11.1. The Labute approximate surface area is 206 Å². The highest BCUT2D eigenvalue weighted by molar-refractivity contribution is 6.08. The van der Waals surface area contributed by atoms with Gasteiger partial charge in [0.05, 0.1) is 12.2 Å². The molecule has 8 nitrogen and oxygen atoms in total. The van der Waals surface area contributed by atoms with Crippen molar-refractivity contribution < 1.29 is 19.1 Å². The molecule has 0 aliphatic carbocycles. The third-order valence-corrected chi connectivity index (χ3v) is 4.81. The van der Waals surface area contributed by atoms with Crippen molar-refractivity contribution in [3.05, 3.63) is 78.0 Å². The van der Waals surface area contributed by atoms with E-state index < -0.39 is 11.7 Å². The van der Waals surface area contributed by atoms with Gasteiger partial charge in [0.2, 0.25) is 0 Å². The van der Waals surface area contributed by atoms with E-state index in [1.165, 1.54) is 0 Å². The maximum Gasteiger partial charge on any atom is 0.413 e. The molecule has 0 bridgehead atoms. The fourth-order valence-electron chi connectivity index (χ4n) is 3.26. The van der Waals surface area contributed by atoms with E-state index in [0.717, 1.165) is 11.4 Å². The van der Waals surface area contributed by atoms with Crippen molar-refractivity contribution in [1.29, 1.82) is 0 Å². The van der Waals surface area contributed by atoms with Crippen molar-refractivity contribution in [3.8, 4) is 5.75 Å². The molecule has 1 aromatic heterocycles. The average Bonchev–Trinajstić information content (AvgIpc) is 2.79. The van der Waals surface area contributed by atoms with E-state index in [0.29, 0.717) is 35.8 Å². The molecule has 0 atom stereocenters. The van der Waals surface area contributed by atoms with Crippen LogP contribution in [0.2, 0.25) is 0 Å². The molecule has 0 fully saturated rings. The first-order valence-electron chi connectivity index (χ1n) is 11.4. The summed E-state index contributed by atoms with van der Waals surface area (Å²) in [6.07, 6.45) is 0.0136. The Morgan fingerprint density at radius 1 is 0.914 bits per heavy atom. The predicted octanol–water partition coefficient (Wildman–Crippen LogP) is 5.37. The molecule has 0 unspecified atom stereocenters. The lowest BCUT2D eigenvalue weighted by Gasteiger charge is -2.19. The zero-order chi connectivity index (χ0) is 25.4. The third-order valence-electron chi connectivity index (χ3n) is 4.81. The van der Waals surface area contributed by atoms with Crippen LogP contribution in [0.4, 0.5) is 22.0 Å². The monoisotopic (exact) mass is 476 g/mol. The summed E-state index contributed by atoms with van der Waals surface area (Å²) in [5, 5.41) is 5.56. The van der Waals surface area contributed by atoms with Crippen molar-refractivity contribution in [2.75, 3.05) is 36.2 Å². The smallest absolute Gasteiger partial charge is 0.413 e. The summed E-state index contributed by atoms with van der Waals surface area (Å²) in [6.45, 7) is 5.82. The molecule has 0 aliphatic heterocycles. The molecular formula is C27H32N4O4. The number of anilines is 3. The van der Waals surface area contributed by atoms with E-state index in [1.54, 1.807) is 57.2 Å². The van der Waals surface area contributed by atoms with Crippen molar-refractivity contribution in [3.63, 3.8) is 0 Å². The van der Waals surface area contributed by atoms with Gasteiger partial charge in [-0.05, 0) is 69.3 Å². The van der Waals surface area contributed by atoms with Gasteiger partial charge in [-0.15, -0.1) is 0 Å². The first-order valence-corrected chi connectivity index (χ1v) is 11.4. The Morgan fingerprint density at radius 3 is 2.31 bits per heavy atom. The first-order chi connectivity index (χ1) is 16.6. The number of amides is 2. The molecule has 0 spiro atoms. The predicted molar refractivity (Wildman–Crippen MR) is 138 cm³/mol. The van der Waals surface area contributed by atoms with E-state index in [4.69, 9.17) is 9.47 Å². The molecule has 0 saturated heterocycles. The molecule has 2 amide bonds. The van der Waals surface area contributed by atoms with E-state index in [-0.39, 0.29) is 5.91 Å². The van der Waals surface area contributed by atoms with Crippen molar-refractivity contribution in [1.82, 2.24) is 4.98 Å². The zero-order valence-corrected chi connectivity index (χ0v) is 20.8. The molecule has 0 radical (unpaired) electrons. The Morgan fingerprint density at radius 2 is 1.63 bits per heavy atom. The van der Waals surface area contributed by atoms with Crippen molar-refractivity contribution >= 4 is 29.2 Å². The van der Waals surface area contributed by atoms with Crippen LogP contribution in [-0.4, -0.2) is 43.3 Å². The standard InChI is InChI=1S/C27H32N4O4/c1-27(2,3)35-26(33)30-24-12-8-9-19(28-24)17-18-34-21-15-13-20(14-16-21)29-25(32)22-10-6-7-11-23(22)31(4)5/h6-16H,17-18H2,1-5H3,(H,29,32)(H,28,30,33). The first kappa shape index (κ1) is 25.6. The van der Waals surface area contributed by atoms with Gasteiger partial charge in [-0.1, -0.05) is 18.2 Å². The minimum absolute atomic E-state index is 0.172. The number of para-hydroxylation sites is 1. The number of aromatic nitrogens is 1. The van der Waals surface area contributed by atoms with Crippen LogP contribution in [-0.2, 0) is 11.2 Å². The Kier molecular flexibility index (Phi) is 8.30. The number of pyridine rings is 1. The van der Waals surface area contributed by atoms with Crippen molar-refractivity contribution in [2.45, 2.75) is 32.8 Å². The van der Waals surface area contributed by atoms with Gasteiger partial charge in [0.1, 0.15) is 17.2 Å². The van der Waals surface area contributed by atoms with Gasteiger partial charge in [0.15, 0.2) is 0 Å². The summed E-state index contributed by atoms with van der Waals surface area (Å²) in [4.78, 5) is 31.0. The van der Waals surface area contributed by atoms with Crippen LogP contribution in [0, 0.1) is 0 Å². The molecule has 184 valence electrons. The number of ether oxygens (including phenoxy) is 2. The minimum atomic E-state index is -0.579. The fraction of sp³-hybridized carbons (Fsp3) is 0.296. The number of benzene rings is 2. The average molecular weight is 477 g/mol. The Bertz CT molecular complexity index is 1150. The van der Waals surface area contributed by atoms with Gasteiger partial charge in [0, 0.05) is 37.6 Å². The summed E-state index contributed by atoms with van der Waals surface area (Å²) in [7, 11) is 3.81. The van der Waals surface area contributed by atoms with Crippen LogP contribution in [0.3, 0.4) is 0 Å². The molecule has 35 heavy (non-hydrogen) atoms. The van der Waals surface area contributed by atoms with Crippen LogP contribution in [0.15, 0.2) is 66.7 Å². The number of hydrogen-bond donors (Lipinski definition) is 2. The van der Waals surface area contributed by atoms with Crippen LogP contribution in [0.25, 0.3) is 0 Å². The Hall–Kier alpha value is -4.07. The van der Waals surface area contributed by atoms with Gasteiger partial charge >= 0.3 is 6.09 Å². The lowest BCUT2D eigenvalue weighted by molar-refractivity contribution is 0.0635. The van der Waals surface area contributed by atoms with E-state index in [1.807, 2.05) is 49.3 Å². The minimum Gasteiger partial charge on any atom is -0.493 e. The van der Waals surface area contributed by atoms with Gasteiger partial charge in [-0.25, -0.2) is 9.78 Å². The maximum atomic E-state index is 12.7. The van der Waals surface area contributed by atoms with Crippen LogP contribution < -0.4 is 20.3 Å². The zero-order valence-electron chi connectivity index (χ0n) is 20.8. The van der Waals surface area contributed by atoms with Gasteiger partial charge in [-0.2, -0.15) is 0 Å². The largest absolute Gasteiger partial charge is 0.493 e. The van der Waals surface area contributed by atoms with E-state index in [2.05, 4.69) is 15.6 Å². The molecule has 0 saturated carbocycles. The SMILES string of the molecule is CN(C)c1ccccc1C(=O)Nc1ccc(OCCc2cccc(NC(=O)OC(C)(C)C)n2)cc1. The van der Waals surface area contributed by atoms with Gasteiger partial charge in [0.25, 0.3) is 5.91 Å². The number of carbonyl (C=O) groups excluding carboxylic acids is 2. The molecular weight excluding hydrogens is 444 g/mol. The summed E-state index contributed by atoms with van der Waals surface area (Å²) in [5.74, 6) is 0.932. The quantitative estimate of drug-likeness (QED) is 0.454. The molecule has 1 heterocycles. The van der Waals surface area contributed by atoms with Crippen LogP contribution in [0.1, 0.15) is 36.8 Å². The summed E-state index contributed by atoms with van der Waals surface area (Å²) >= 11 is 0. The summed E-state index contributed by atoms with van der Waals surface area (Å²) in [5.41, 5.74) is 2.34. The van der Waals surface area contributed by atoms with Crippen LogP contribution in [0.5, 0.6) is 5.75 Å². The molecule has 2 N–H and O–H groups in total. The van der Waals surface area contributed by atoms with Crippen LogP contribution >= 0.6 is 0 Å². The lowest BCUT2D eigenvalue weighted by Crippen LogP contribution is -2.27. The molecule has 8 heteroatoms. The molecule has 2 aromatic carbocycles. The second kappa shape index (κ2) is 11.4.